The molecule has 3 aromatic rings. The molecular formula is C27H27NO3. The van der Waals surface area contributed by atoms with Crippen molar-refractivity contribution in [3.05, 3.63) is 96.1 Å². The Bertz CT molecular complexity index is 1010. The molecule has 31 heavy (non-hydrogen) atoms. The standard InChI is InChI=1S/C27H27NO3/c29-25(24-16-14-23(15-17-24)22-12-6-2-7-13-22)28-27(18-8-3-9-19-27)26(30)31-20-21-10-4-1-5-11-21/h1-2,4-7,10-17H,3,8-9,18-20H2,(H,28,29). The van der Waals surface area contributed by atoms with E-state index in [2.05, 4.69) is 5.32 Å². The molecule has 1 amide bonds. The molecule has 0 spiro atoms. The van der Waals surface area contributed by atoms with Gasteiger partial charge in [-0.15, -0.1) is 0 Å². The molecule has 1 fully saturated rings. The van der Waals surface area contributed by atoms with Gasteiger partial charge in [0.2, 0.25) is 0 Å². The number of nitrogens with one attached hydrogen (secondary N) is 1. The summed E-state index contributed by atoms with van der Waals surface area (Å²) in [6.45, 7) is 0.211. The maximum absolute atomic E-state index is 13.1. The van der Waals surface area contributed by atoms with Crippen molar-refractivity contribution in [3.8, 4) is 11.1 Å². The second-order valence-electron chi connectivity index (χ2n) is 8.10. The molecule has 0 aromatic heterocycles. The molecule has 1 N–H and O–H groups in total. The monoisotopic (exact) mass is 413 g/mol. The van der Waals surface area contributed by atoms with E-state index in [4.69, 9.17) is 4.74 Å². The van der Waals surface area contributed by atoms with Crippen LogP contribution in [0.25, 0.3) is 11.1 Å². The first kappa shape index (κ1) is 20.9. The summed E-state index contributed by atoms with van der Waals surface area (Å²) < 4.78 is 5.63. The fourth-order valence-electron chi connectivity index (χ4n) is 4.13. The van der Waals surface area contributed by atoms with Crippen LogP contribution in [0.3, 0.4) is 0 Å². The molecule has 3 aromatic carbocycles. The van der Waals surface area contributed by atoms with Gasteiger partial charge in [0.05, 0.1) is 0 Å². The lowest BCUT2D eigenvalue weighted by Gasteiger charge is -2.35. The van der Waals surface area contributed by atoms with Gasteiger partial charge >= 0.3 is 5.97 Å². The number of carbonyl (C=O) groups is 2. The summed E-state index contributed by atoms with van der Waals surface area (Å²) in [4.78, 5) is 26.1. The Morgan fingerprint density at radius 3 is 1.97 bits per heavy atom. The first-order valence-corrected chi connectivity index (χ1v) is 10.9. The van der Waals surface area contributed by atoms with Crippen molar-refractivity contribution < 1.29 is 14.3 Å². The Morgan fingerprint density at radius 1 is 0.742 bits per heavy atom. The lowest BCUT2D eigenvalue weighted by molar-refractivity contribution is -0.154. The van der Waals surface area contributed by atoms with Crippen molar-refractivity contribution in [1.82, 2.24) is 5.32 Å². The van der Waals surface area contributed by atoms with Gasteiger partial charge in [-0.3, -0.25) is 4.79 Å². The van der Waals surface area contributed by atoms with Crippen LogP contribution < -0.4 is 5.32 Å². The number of ether oxygens (including phenoxy) is 1. The van der Waals surface area contributed by atoms with Crippen LogP contribution in [0.15, 0.2) is 84.9 Å². The fourth-order valence-corrected chi connectivity index (χ4v) is 4.13. The van der Waals surface area contributed by atoms with Gasteiger partial charge in [0, 0.05) is 5.56 Å². The molecule has 0 bridgehead atoms. The third kappa shape index (κ3) is 5.02. The van der Waals surface area contributed by atoms with Gasteiger partial charge in [0.1, 0.15) is 12.1 Å². The molecule has 1 aliphatic carbocycles. The highest BCUT2D eigenvalue weighted by atomic mass is 16.5. The summed E-state index contributed by atoms with van der Waals surface area (Å²) in [5, 5.41) is 3.03. The molecule has 4 heteroatoms. The fraction of sp³-hybridized carbons (Fsp3) is 0.259. The highest BCUT2D eigenvalue weighted by Crippen LogP contribution is 2.30. The summed E-state index contributed by atoms with van der Waals surface area (Å²) in [5.41, 5.74) is 2.67. The van der Waals surface area contributed by atoms with Crippen molar-refractivity contribution in [2.75, 3.05) is 0 Å². The summed E-state index contributed by atoms with van der Waals surface area (Å²) in [6, 6.07) is 27.1. The van der Waals surface area contributed by atoms with Crippen molar-refractivity contribution in [1.29, 1.82) is 0 Å². The predicted molar refractivity (Wildman–Crippen MR) is 121 cm³/mol. The minimum Gasteiger partial charge on any atom is -0.459 e. The summed E-state index contributed by atoms with van der Waals surface area (Å²) in [6.07, 6.45) is 4.07. The normalized spacial score (nSPS) is 15.1. The van der Waals surface area contributed by atoms with E-state index in [0.717, 1.165) is 36.0 Å². The maximum Gasteiger partial charge on any atom is 0.332 e. The Kier molecular flexibility index (Phi) is 6.46. The van der Waals surface area contributed by atoms with E-state index >= 15 is 0 Å². The first-order chi connectivity index (χ1) is 15.2. The lowest BCUT2D eigenvalue weighted by Crippen LogP contribution is -2.56. The van der Waals surface area contributed by atoms with Gasteiger partial charge in [-0.05, 0) is 41.7 Å². The number of hydrogen-bond acceptors (Lipinski definition) is 3. The third-order valence-corrected chi connectivity index (χ3v) is 5.92. The zero-order chi connectivity index (χ0) is 21.5. The van der Waals surface area contributed by atoms with Crippen LogP contribution in [0.1, 0.15) is 48.0 Å². The van der Waals surface area contributed by atoms with Gasteiger partial charge in [0.25, 0.3) is 5.91 Å². The molecular weight excluding hydrogens is 386 g/mol. The van der Waals surface area contributed by atoms with Crippen molar-refractivity contribution >= 4 is 11.9 Å². The van der Waals surface area contributed by atoms with Gasteiger partial charge in [-0.2, -0.15) is 0 Å². The maximum atomic E-state index is 13.1. The van der Waals surface area contributed by atoms with Crippen LogP contribution >= 0.6 is 0 Å². The van der Waals surface area contributed by atoms with Crippen LogP contribution in [-0.2, 0) is 16.1 Å². The molecule has 1 saturated carbocycles. The molecule has 0 heterocycles. The minimum atomic E-state index is -0.956. The van der Waals surface area contributed by atoms with Crippen molar-refractivity contribution in [2.45, 2.75) is 44.2 Å². The smallest absolute Gasteiger partial charge is 0.332 e. The number of carbonyl (C=O) groups excluding carboxylic acids is 2. The Labute approximate surface area is 183 Å². The SMILES string of the molecule is O=C(NC1(C(=O)OCc2ccccc2)CCCCC1)c1ccc(-c2ccccc2)cc1. The largest absolute Gasteiger partial charge is 0.459 e. The second kappa shape index (κ2) is 9.61. The van der Waals surface area contributed by atoms with Crippen LogP contribution in [0.4, 0.5) is 0 Å². The second-order valence-corrected chi connectivity index (χ2v) is 8.10. The quantitative estimate of drug-likeness (QED) is 0.541. The highest BCUT2D eigenvalue weighted by Gasteiger charge is 2.42. The molecule has 4 rings (SSSR count). The Morgan fingerprint density at radius 2 is 1.32 bits per heavy atom. The number of hydrogen-bond donors (Lipinski definition) is 1. The molecule has 158 valence electrons. The molecule has 0 aliphatic heterocycles. The summed E-state index contributed by atoms with van der Waals surface area (Å²) in [5.74, 6) is -0.580. The minimum absolute atomic E-state index is 0.211. The highest BCUT2D eigenvalue weighted by molar-refractivity contribution is 5.98. The number of esters is 1. The van der Waals surface area contributed by atoms with Gasteiger partial charge in [-0.1, -0.05) is 92.1 Å². The van der Waals surface area contributed by atoms with E-state index in [9.17, 15) is 9.59 Å². The van der Waals surface area contributed by atoms with Crippen LogP contribution in [0.5, 0.6) is 0 Å². The molecule has 0 radical (unpaired) electrons. The zero-order valence-corrected chi connectivity index (χ0v) is 17.6. The third-order valence-electron chi connectivity index (χ3n) is 5.92. The number of rotatable bonds is 6. The topological polar surface area (TPSA) is 55.4 Å². The molecule has 0 saturated heterocycles. The van der Waals surface area contributed by atoms with Crippen LogP contribution in [-0.4, -0.2) is 17.4 Å². The van der Waals surface area contributed by atoms with Gasteiger partial charge in [-0.25, -0.2) is 4.79 Å². The number of amides is 1. The van der Waals surface area contributed by atoms with E-state index in [0.29, 0.717) is 18.4 Å². The molecule has 1 aliphatic rings. The van der Waals surface area contributed by atoms with Gasteiger partial charge in [0.15, 0.2) is 0 Å². The van der Waals surface area contributed by atoms with E-state index in [1.807, 2.05) is 84.9 Å². The van der Waals surface area contributed by atoms with Crippen LogP contribution in [0, 0.1) is 0 Å². The molecule has 4 nitrogen and oxygen atoms in total. The van der Waals surface area contributed by atoms with Gasteiger partial charge < -0.3 is 10.1 Å². The van der Waals surface area contributed by atoms with Crippen molar-refractivity contribution in [3.63, 3.8) is 0 Å². The van der Waals surface area contributed by atoms with E-state index in [1.165, 1.54) is 0 Å². The van der Waals surface area contributed by atoms with E-state index in [-0.39, 0.29) is 18.5 Å². The lowest BCUT2D eigenvalue weighted by atomic mass is 9.81. The number of benzene rings is 3. The average molecular weight is 414 g/mol. The van der Waals surface area contributed by atoms with E-state index in [1.54, 1.807) is 0 Å². The average Bonchev–Trinajstić information content (AvgIpc) is 2.84. The molecule has 0 atom stereocenters. The summed E-state index contributed by atoms with van der Waals surface area (Å²) in [7, 11) is 0. The zero-order valence-electron chi connectivity index (χ0n) is 17.6. The summed E-state index contributed by atoms with van der Waals surface area (Å²) >= 11 is 0. The Hall–Kier alpha value is -3.40. The molecule has 0 unspecified atom stereocenters. The predicted octanol–water partition coefficient (Wildman–Crippen LogP) is 5.53. The van der Waals surface area contributed by atoms with E-state index < -0.39 is 5.54 Å². The first-order valence-electron chi connectivity index (χ1n) is 10.9. The van der Waals surface area contributed by atoms with Crippen LogP contribution in [0.2, 0.25) is 0 Å². The Balaban J connectivity index is 1.46. The van der Waals surface area contributed by atoms with Crippen molar-refractivity contribution in [2.24, 2.45) is 0 Å².